The Bertz CT molecular complexity index is 208. The Labute approximate surface area is 69.1 Å². The van der Waals surface area contributed by atoms with E-state index in [2.05, 4.69) is 35.8 Å². The van der Waals surface area contributed by atoms with Crippen LogP contribution in [-0.2, 0) is 0 Å². The van der Waals surface area contributed by atoms with Crippen LogP contribution < -0.4 is 0 Å². The summed E-state index contributed by atoms with van der Waals surface area (Å²) < 4.78 is 1.62. The zero-order chi connectivity index (χ0) is 7.56. The summed E-state index contributed by atoms with van der Waals surface area (Å²) in [5.74, 6) is 0.439. The van der Waals surface area contributed by atoms with Crippen molar-refractivity contribution in [1.29, 1.82) is 0 Å². The van der Waals surface area contributed by atoms with Crippen LogP contribution in [0.4, 0.5) is 0 Å². The highest BCUT2D eigenvalue weighted by molar-refractivity contribution is 8.67. The molecule has 1 aromatic rings. The molecule has 0 radical (unpaired) electrons. The van der Waals surface area contributed by atoms with Gasteiger partial charge in [-0.05, 0) is 5.92 Å². The number of rotatable bonds is 2. The van der Waals surface area contributed by atoms with Gasteiger partial charge in [0.2, 0.25) is 0 Å². The minimum absolute atomic E-state index is 0.439. The lowest BCUT2D eigenvalue weighted by Crippen LogP contribution is -1.85. The predicted octanol–water partition coefficient (Wildman–Crippen LogP) is 1.74. The fourth-order valence-electron chi connectivity index (χ4n) is 0.565. The first-order chi connectivity index (χ1) is 4.74. The maximum absolute atomic E-state index is 3.97. The van der Waals surface area contributed by atoms with Crippen molar-refractivity contribution in [3.8, 4) is 0 Å². The summed E-state index contributed by atoms with van der Waals surface area (Å²) in [6.07, 6.45) is 1.88. The molecule has 3 nitrogen and oxygen atoms in total. The highest BCUT2D eigenvalue weighted by atomic mass is 33.1. The molecule has 10 heavy (non-hydrogen) atoms. The smallest absolute Gasteiger partial charge is 0.0864 e. The molecule has 0 N–H and O–H groups in total. The summed E-state index contributed by atoms with van der Waals surface area (Å²) in [5, 5.41) is 7.74. The van der Waals surface area contributed by atoms with Gasteiger partial charge in [0.05, 0.1) is 11.9 Å². The Morgan fingerprint density at radius 2 is 2.40 bits per heavy atom. The van der Waals surface area contributed by atoms with Gasteiger partial charge in [0.15, 0.2) is 0 Å². The number of hydrogen-bond acceptors (Lipinski definition) is 4. The molecule has 1 aromatic heterocycles. The molecule has 0 aromatic carbocycles. The molecule has 1 heterocycles. The zero-order valence-electron chi connectivity index (χ0n) is 5.85. The van der Waals surface area contributed by atoms with E-state index in [9.17, 15) is 0 Å². The van der Waals surface area contributed by atoms with Gasteiger partial charge in [-0.2, -0.15) is 4.09 Å². The number of thiol groups is 1. The quantitative estimate of drug-likeness (QED) is 0.548. The SMILES string of the molecule is CC(C)c1cn(SS)nn1. The van der Waals surface area contributed by atoms with Gasteiger partial charge in [-0.3, -0.25) is 0 Å². The van der Waals surface area contributed by atoms with Crippen molar-refractivity contribution in [3.05, 3.63) is 11.9 Å². The second kappa shape index (κ2) is 3.30. The lowest BCUT2D eigenvalue weighted by molar-refractivity contribution is 0.800. The standard InChI is InChI=1S/C5H9N3S2/c1-4(2)5-3-8(10-9)7-6-5/h3-4,9H,1-2H3. The van der Waals surface area contributed by atoms with Crippen LogP contribution in [0.2, 0.25) is 0 Å². The van der Waals surface area contributed by atoms with Gasteiger partial charge in [0.25, 0.3) is 0 Å². The van der Waals surface area contributed by atoms with Crippen molar-refractivity contribution in [2.45, 2.75) is 19.8 Å². The first-order valence-corrected chi connectivity index (χ1v) is 4.80. The molecule has 1 rings (SSSR count). The van der Waals surface area contributed by atoms with Crippen molar-refractivity contribution in [2.24, 2.45) is 0 Å². The maximum Gasteiger partial charge on any atom is 0.0864 e. The van der Waals surface area contributed by atoms with E-state index >= 15 is 0 Å². The fourth-order valence-corrected chi connectivity index (χ4v) is 1.03. The van der Waals surface area contributed by atoms with Crippen molar-refractivity contribution in [2.75, 3.05) is 0 Å². The Kier molecular flexibility index (Phi) is 2.62. The van der Waals surface area contributed by atoms with Crippen LogP contribution in [0.5, 0.6) is 0 Å². The fraction of sp³-hybridized carbons (Fsp3) is 0.600. The van der Waals surface area contributed by atoms with Crippen LogP contribution in [0.25, 0.3) is 0 Å². The molecule has 0 aliphatic carbocycles. The third kappa shape index (κ3) is 1.67. The summed E-state index contributed by atoms with van der Waals surface area (Å²) in [6, 6.07) is 0. The van der Waals surface area contributed by atoms with Gasteiger partial charge in [-0.15, -0.1) is 5.10 Å². The Hall–Kier alpha value is -0.160. The molecule has 0 unspecified atom stereocenters. The molecule has 0 saturated carbocycles. The van der Waals surface area contributed by atoms with Gasteiger partial charge >= 0.3 is 0 Å². The van der Waals surface area contributed by atoms with E-state index in [1.807, 2.05) is 6.20 Å². The summed E-state index contributed by atoms with van der Waals surface area (Å²) in [4.78, 5) is 0. The van der Waals surface area contributed by atoms with E-state index < -0.39 is 0 Å². The summed E-state index contributed by atoms with van der Waals surface area (Å²) in [7, 11) is 1.24. The van der Waals surface area contributed by atoms with Gasteiger partial charge < -0.3 is 0 Å². The van der Waals surface area contributed by atoms with Crippen molar-refractivity contribution >= 4 is 22.6 Å². The topological polar surface area (TPSA) is 30.7 Å². The molecular formula is C5H9N3S2. The lowest BCUT2D eigenvalue weighted by atomic mass is 10.2. The van der Waals surface area contributed by atoms with Crippen LogP contribution >= 0.6 is 22.6 Å². The van der Waals surface area contributed by atoms with Crippen molar-refractivity contribution in [3.63, 3.8) is 0 Å². The largest absolute Gasteiger partial charge is 0.183 e. The number of nitrogens with zero attached hydrogens (tertiary/aromatic N) is 3. The highest BCUT2D eigenvalue weighted by Crippen LogP contribution is 2.13. The Morgan fingerprint density at radius 3 is 2.70 bits per heavy atom. The van der Waals surface area contributed by atoms with Crippen LogP contribution in [0.3, 0.4) is 0 Å². The average molecular weight is 175 g/mol. The molecule has 56 valence electrons. The van der Waals surface area contributed by atoms with Crippen molar-refractivity contribution in [1.82, 2.24) is 14.4 Å². The third-order valence-electron chi connectivity index (χ3n) is 1.17. The van der Waals surface area contributed by atoms with Crippen LogP contribution in [0.15, 0.2) is 6.20 Å². The highest BCUT2D eigenvalue weighted by Gasteiger charge is 2.03. The molecule has 0 aliphatic heterocycles. The molecule has 5 heteroatoms. The molecule has 0 amide bonds. The second-order valence-electron chi connectivity index (χ2n) is 2.28. The van der Waals surface area contributed by atoms with E-state index in [1.165, 1.54) is 11.0 Å². The van der Waals surface area contributed by atoms with Crippen molar-refractivity contribution < 1.29 is 0 Å². The van der Waals surface area contributed by atoms with Crippen LogP contribution in [0.1, 0.15) is 25.5 Å². The van der Waals surface area contributed by atoms with E-state index in [1.54, 1.807) is 4.09 Å². The molecular weight excluding hydrogens is 166 g/mol. The second-order valence-corrected chi connectivity index (χ2v) is 3.31. The van der Waals surface area contributed by atoms with Crippen LogP contribution in [0, 0.1) is 0 Å². The first kappa shape index (κ1) is 7.94. The molecule has 0 aliphatic rings. The van der Waals surface area contributed by atoms with Gasteiger partial charge in [0.1, 0.15) is 0 Å². The monoisotopic (exact) mass is 175 g/mol. The van der Waals surface area contributed by atoms with E-state index in [0.29, 0.717) is 5.92 Å². The summed E-state index contributed by atoms with van der Waals surface area (Å²) >= 11 is 3.97. The summed E-state index contributed by atoms with van der Waals surface area (Å²) in [5.41, 5.74) is 1.00. The molecule has 0 saturated heterocycles. The zero-order valence-corrected chi connectivity index (χ0v) is 7.56. The van der Waals surface area contributed by atoms with E-state index in [4.69, 9.17) is 0 Å². The minimum Gasteiger partial charge on any atom is -0.183 e. The first-order valence-electron chi connectivity index (χ1n) is 2.98. The number of hydrogen-bond donors (Lipinski definition) is 1. The molecule has 0 spiro atoms. The Balaban J connectivity index is 2.78. The average Bonchev–Trinajstić information content (AvgIpc) is 2.34. The normalized spacial score (nSPS) is 10.8. The van der Waals surface area contributed by atoms with E-state index in [0.717, 1.165) is 5.69 Å². The van der Waals surface area contributed by atoms with Gasteiger partial charge in [-0.1, -0.05) is 30.7 Å². The summed E-state index contributed by atoms with van der Waals surface area (Å²) in [6.45, 7) is 4.16. The number of aromatic nitrogens is 3. The van der Waals surface area contributed by atoms with Gasteiger partial charge in [-0.25, -0.2) is 0 Å². The van der Waals surface area contributed by atoms with Gasteiger partial charge in [0, 0.05) is 11.0 Å². The third-order valence-corrected chi connectivity index (χ3v) is 2.01. The van der Waals surface area contributed by atoms with E-state index in [-0.39, 0.29) is 0 Å². The predicted molar refractivity (Wildman–Crippen MR) is 46.1 cm³/mol. The molecule has 0 bridgehead atoms. The Morgan fingerprint density at radius 1 is 1.70 bits per heavy atom. The molecule has 0 fully saturated rings. The minimum atomic E-state index is 0.439. The lowest BCUT2D eigenvalue weighted by Gasteiger charge is -1.93. The maximum atomic E-state index is 3.97. The molecule has 0 atom stereocenters. The van der Waals surface area contributed by atoms with Crippen LogP contribution in [-0.4, -0.2) is 14.4 Å².